The van der Waals surface area contributed by atoms with Crippen molar-refractivity contribution in [1.82, 2.24) is 35.5 Å². The zero-order valence-electron chi connectivity index (χ0n) is 24.3. The molecule has 11 nitrogen and oxygen atoms in total. The highest BCUT2D eigenvalue weighted by atomic mass is 19.1. The summed E-state index contributed by atoms with van der Waals surface area (Å²) in [4.78, 5) is 37.0. The van der Waals surface area contributed by atoms with Gasteiger partial charge < -0.3 is 20.7 Å². The van der Waals surface area contributed by atoms with E-state index in [0.29, 0.717) is 22.0 Å². The molecule has 222 valence electrons. The highest BCUT2D eigenvalue weighted by molar-refractivity contribution is 6.00. The van der Waals surface area contributed by atoms with Crippen molar-refractivity contribution >= 4 is 39.6 Å². The molecule has 2 aromatic carbocycles. The molecule has 3 heterocycles. The molecule has 42 heavy (non-hydrogen) atoms. The summed E-state index contributed by atoms with van der Waals surface area (Å²) in [6, 6.07) is 8.88. The molecule has 0 saturated carbocycles. The van der Waals surface area contributed by atoms with Crippen LogP contribution in [-0.4, -0.2) is 69.1 Å². The topological polar surface area (TPSA) is 132 Å². The van der Waals surface area contributed by atoms with Crippen LogP contribution < -0.4 is 16.0 Å². The van der Waals surface area contributed by atoms with Crippen LogP contribution in [0.25, 0.3) is 32.9 Å². The van der Waals surface area contributed by atoms with Gasteiger partial charge in [0, 0.05) is 29.3 Å². The molecular formula is C30H36FN7O4. The van der Waals surface area contributed by atoms with Crippen molar-refractivity contribution < 1.29 is 23.5 Å². The van der Waals surface area contributed by atoms with Gasteiger partial charge in [0.2, 0.25) is 11.8 Å². The van der Waals surface area contributed by atoms with Crippen LogP contribution in [0.3, 0.4) is 0 Å². The highest BCUT2D eigenvalue weighted by Gasteiger charge is 2.26. The molecule has 5 rings (SSSR count). The second-order valence-electron chi connectivity index (χ2n) is 11.6. The Balaban J connectivity index is 1.39. The summed E-state index contributed by atoms with van der Waals surface area (Å²) in [5, 5.41) is 19.1. The van der Waals surface area contributed by atoms with Crippen molar-refractivity contribution in [1.29, 1.82) is 0 Å². The van der Waals surface area contributed by atoms with Gasteiger partial charge in [-0.2, -0.15) is 10.2 Å². The van der Waals surface area contributed by atoms with Crippen LogP contribution in [0.5, 0.6) is 0 Å². The molecule has 0 atom stereocenters. The summed E-state index contributed by atoms with van der Waals surface area (Å²) in [7, 11) is 1.82. The summed E-state index contributed by atoms with van der Waals surface area (Å²) in [5.74, 6) is -1.72. The lowest BCUT2D eigenvalue weighted by molar-refractivity contribution is -0.154. The Kier molecular flexibility index (Phi) is 8.26. The molecule has 1 saturated heterocycles. The third-order valence-corrected chi connectivity index (χ3v) is 7.25. The number of aromatic nitrogens is 4. The minimum Gasteiger partial charge on any atom is -0.459 e. The number of rotatable bonds is 8. The number of esters is 1. The SMILES string of the molecule is Cn1ncc2cc(F)c(-c3cccc4c3c(C3CCNCC3)nn4CC(=O)NCC(=O)NCC(=O)OC(C)(C)C)cc21. The summed E-state index contributed by atoms with van der Waals surface area (Å²) in [6.07, 6.45) is 3.37. The summed E-state index contributed by atoms with van der Waals surface area (Å²) in [5.41, 5.74) is 2.83. The fourth-order valence-corrected chi connectivity index (χ4v) is 5.34. The van der Waals surface area contributed by atoms with Crippen LogP contribution >= 0.6 is 0 Å². The third kappa shape index (κ3) is 6.43. The summed E-state index contributed by atoms with van der Waals surface area (Å²) in [6.45, 7) is 6.17. The molecule has 4 aromatic rings. The standard InChI is InChI=1S/C30H36FN7O4/c1-30(2,3)42-27(41)16-34-25(39)15-33-26(40)17-38-23-7-5-6-20(28(23)29(36-38)18-8-10-32-11-9-18)21-13-24-19(12-22(21)31)14-35-37(24)4/h5-7,12-14,18,32H,8-11,15-17H2,1-4H3,(H,33,40)(H,34,39). The molecule has 0 radical (unpaired) electrons. The zero-order chi connectivity index (χ0) is 30.0. The van der Waals surface area contributed by atoms with Crippen molar-refractivity contribution in [2.24, 2.45) is 7.05 Å². The molecule has 0 bridgehead atoms. The number of nitrogens with one attached hydrogen (secondary N) is 3. The van der Waals surface area contributed by atoms with Crippen LogP contribution in [0.1, 0.15) is 45.2 Å². The van der Waals surface area contributed by atoms with Gasteiger partial charge in [0.1, 0.15) is 24.5 Å². The predicted octanol–water partition coefficient (Wildman–Crippen LogP) is 2.77. The third-order valence-electron chi connectivity index (χ3n) is 7.25. The Morgan fingerprint density at radius 3 is 2.52 bits per heavy atom. The van der Waals surface area contributed by atoms with E-state index in [1.54, 1.807) is 42.4 Å². The first-order valence-electron chi connectivity index (χ1n) is 14.1. The second-order valence-corrected chi connectivity index (χ2v) is 11.6. The Hall–Kier alpha value is -4.32. The first-order valence-corrected chi connectivity index (χ1v) is 14.1. The number of carbonyl (C=O) groups excluding carboxylic acids is 3. The minimum absolute atomic E-state index is 0.131. The molecule has 2 amide bonds. The second kappa shape index (κ2) is 11.9. The Morgan fingerprint density at radius 2 is 1.79 bits per heavy atom. The maximum absolute atomic E-state index is 15.5. The molecule has 1 aliphatic rings. The van der Waals surface area contributed by atoms with Gasteiger partial charge in [-0.05, 0) is 70.5 Å². The number of piperidine rings is 1. The lowest BCUT2D eigenvalue weighted by atomic mass is 9.89. The number of fused-ring (bicyclic) bond motifs is 2. The smallest absolute Gasteiger partial charge is 0.325 e. The minimum atomic E-state index is -0.660. The molecule has 0 unspecified atom stereocenters. The molecule has 1 fully saturated rings. The van der Waals surface area contributed by atoms with Gasteiger partial charge in [-0.25, -0.2) is 4.39 Å². The fraction of sp³-hybridized carbons (Fsp3) is 0.433. The number of halogens is 1. The first kappa shape index (κ1) is 29.2. The van der Waals surface area contributed by atoms with Crippen LogP contribution in [0, 0.1) is 5.82 Å². The van der Waals surface area contributed by atoms with Gasteiger partial charge in [-0.1, -0.05) is 12.1 Å². The first-order chi connectivity index (χ1) is 20.0. The van der Waals surface area contributed by atoms with E-state index in [4.69, 9.17) is 9.84 Å². The monoisotopic (exact) mass is 577 g/mol. The average Bonchev–Trinajstić information content (AvgIpc) is 3.49. The van der Waals surface area contributed by atoms with E-state index in [-0.39, 0.29) is 31.4 Å². The normalized spacial score (nSPS) is 14.3. The lowest BCUT2D eigenvalue weighted by Gasteiger charge is -2.21. The number of ether oxygens (including phenoxy) is 1. The van der Waals surface area contributed by atoms with Gasteiger partial charge in [-0.15, -0.1) is 0 Å². The van der Waals surface area contributed by atoms with Gasteiger partial charge >= 0.3 is 5.97 Å². The molecule has 3 N–H and O–H groups in total. The number of hydrogen-bond acceptors (Lipinski definition) is 7. The Morgan fingerprint density at radius 1 is 1.05 bits per heavy atom. The lowest BCUT2D eigenvalue weighted by Crippen LogP contribution is -2.41. The van der Waals surface area contributed by atoms with E-state index in [1.807, 2.05) is 25.2 Å². The van der Waals surface area contributed by atoms with Crippen molar-refractivity contribution in [2.75, 3.05) is 26.2 Å². The maximum Gasteiger partial charge on any atom is 0.325 e. The van der Waals surface area contributed by atoms with Crippen LogP contribution in [0.2, 0.25) is 0 Å². The zero-order valence-corrected chi connectivity index (χ0v) is 24.3. The summed E-state index contributed by atoms with van der Waals surface area (Å²) < 4.78 is 24.0. The van der Waals surface area contributed by atoms with Gasteiger partial charge in [0.25, 0.3) is 0 Å². The number of benzene rings is 2. The molecule has 2 aromatic heterocycles. The van der Waals surface area contributed by atoms with Crippen molar-refractivity contribution in [3.05, 3.63) is 48.0 Å². The van der Waals surface area contributed by atoms with E-state index in [1.165, 1.54) is 6.07 Å². The number of amides is 2. The van der Waals surface area contributed by atoms with Crippen molar-refractivity contribution in [2.45, 2.75) is 51.7 Å². The number of nitrogens with zero attached hydrogens (tertiary/aromatic N) is 4. The quantitative estimate of drug-likeness (QED) is 0.275. The molecule has 1 aliphatic heterocycles. The largest absolute Gasteiger partial charge is 0.459 e. The Bertz CT molecular complexity index is 1650. The van der Waals surface area contributed by atoms with E-state index < -0.39 is 23.4 Å². The molecular weight excluding hydrogens is 541 g/mol. The van der Waals surface area contributed by atoms with E-state index in [9.17, 15) is 14.4 Å². The number of hydrogen-bond donors (Lipinski definition) is 3. The summed E-state index contributed by atoms with van der Waals surface area (Å²) >= 11 is 0. The number of aryl methyl sites for hydroxylation is 1. The van der Waals surface area contributed by atoms with E-state index in [0.717, 1.165) is 42.5 Å². The molecule has 12 heteroatoms. The van der Waals surface area contributed by atoms with Gasteiger partial charge in [-0.3, -0.25) is 23.7 Å². The van der Waals surface area contributed by atoms with Crippen LogP contribution in [-0.2, 0) is 32.7 Å². The molecule has 0 aliphatic carbocycles. The average molecular weight is 578 g/mol. The maximum atomic E-state index is 15.5. The highest BCUT2D eigenvalue weighted by Crippen LogP contribution is 2.39. The Labute approximate surface area is 242 Å². The van der Waals surface area contributed by atoms with E-state index >= 15 is 4.39 Å². The van der Waals surface area contributed by atoms with Crippen LogP contribution in [0.4, 0.5) is 4.39 Å². The number of carbonyl (C=O) groups is 3. The van der Waals surface area contributed by atoms with Crippen molar-refractivity contribution in [3.8, 4) is 11.1 Å². The predicted molar refractivity (Wildman–Crippen MR) is 156 cm³/mol. The van der Waals surface area contributed by atoms with Crippen LogP contribution in [0.15, 0.2) is 36.5 Å². The van der Waals surface area contributed by atoms with E-state index in [2.05, 4.69) is 21.0 Å². The van der Waals surface area contributed by atoms with Gasteiger partial charge in [0.05, 0.1) is 29.5 Å². The molecule has 0 spiro atoms. The fourth-order valence-electron chi connectivity index (χ4n) is 5.34. The van der Waals surface area contributed by atoms with Gasteiger partial charge in [0.15, 0.2) is 0 Å². The van der Waals surface area contributed by atoms with Crippen molar-refractivity contribution in [3.63, 3.8) is 0 Å².